The molecule has 1 fully saturated rings. The second-order valence-corrected chi connectivity index (χ2v) is 3.40. The lowest BCUT2D eigenvalue weighted by molar-refractivity contribution is -0.0508. The first-order valence-corrected chi connectivity index (χ1v) is 4.65. The van der Waals surface area contributed by atoms with Crippen LogP contribution in [0.25, 0.3) is 0 Å². The number of ether oxygens (including phenoxy) is 2. The van der Waals surface area contributed by atoms with Gasteiger partial charge in [0.15, 0.2) is 0 Å². The number of carbonyl (C=O) groups is 1. The molecule has 0 unspecified atom stereocenters. The Kier molecular flexibility index (Phi) is 2.82. The van der Waals surface area contributed by atoms with E-state index >= 15 is 0 Å². The number of rotatable bonds is 4. The second-order valence-electron chi connectivity index (χ2n) is 3.40. The first-order valence-electron chi connectivity index (χ1n) is 4.65. The van der Waals surface area contributed by atoms with Crippen molar-refractivity contribution in [3.8, 4) is 5.75 Å². The van der Waals surface area contributed by atoms with Gasteiger partial charge in [0.1, 0.15) is 11.4 Å². The molecule has 0 aromatic carbocycles. The van der Waals surface area contributed by atoms with Gasteiger partial charge in [-0.2, -0.15) is 0 Å². The summed E-state index contributed by atoms with van der Waals surface area (Å²) in [5.74, 6) is 0.00462. The van der Waals surface area contributed by atoms with Gasteiger partial charge in [-0.15, -0.1) is 0 Å². The van der Waals surface area contributed by atoms with E-state index in [4.69, 9.17) is 14.6 Å². The number of aromatic nitrogens is 1. The Morgan fingerprint density at radius 1 is 1.60 bits per heavy atom. The van der Waals surface area contributed by atoms with Crippen LogP contribution >= 0.6 is 0 Å². The van der Waals surface area contributed by atoms with Crippen LogP contribution in [0, 0.1) is 5.92 Å². The van der Waals surface area contributed by atoms with Crippen LogP contribution in [0.3, 0.4) is 0 Å². The van der Waals surface area contributed by atoms with Crippen molar-refractivity contribution in [2.24, 2.45) is 5.92 Å². The van der Waals surface area contributed by atoms with E-state index < -0.39 is 5.97 Å². The summed E-state index contributed by atoms with van der Waals surface area (Å²) in [4.78, 5) is 14.3. The van der Waals surface area contributed by atoms with Gasteiger partial charge in [0.05, 0.1) is 26.0 Å². The maximum absolute atomic E-state index is 10.5. The molecule has 1 aromatic heterocycles. The summed E-state index contributed by atoms with van der Waals surface area (Å²) in [5.41, 5.74) is 0.0225. The fraction of sp³-hybridized carbons (Fsp3) is 0.400. The standard InChI is InChI=1S/C10H11NO4/c12-10(13)9-2-1-8(3-11-9)15-6-7-4-14-5-7/h1-3,7H,4-6H2,(H,12,13). The van der Waals surface area contributed by atoms with Gasteiger partial charge in [0.25, 0.3) is 0 Å². The van der Waals surface area contributed by atoms with Gasteiger partial charge < -0.3 is 14.6 Å². The molecule has 80 valence electrons. The van der Waals surface area contributed by atoms with E-state index in [0.717, 1.165) is 13.2 Å². The molecule has 0 amide bonds. The molecule has 5 nitrogen and oxygen atoms in total. The van der Waals surface area contributed by atoms with Crippen molar-refractivity contribution >= 4 is 5.97 Å². The van der Waals surface area contributed by atoms with Gasteiger partial charge in [-0.1, -0.05) is 0 Å². The van der Waals surface area contributed by atoms with E-state index in [1.54, 1.807) is 6.07 Å². The highest BCUT2D eigenvalue weighted by Gasteiger charge is 2.18. The first-order chi connectivity index (χ1) is 7.25. The van der Waals surface area contributed by atoms with Crippen LogP contribution in [-0.4, -0.2) is 35.9 Å². The van der Waals surface area contributed by atoms with Gasteiger partial charge in [-0.3, -0.25) is 0 Å². The summed E-state index contributed by atoms with van der Waals surface area (Å²) in [7, 11) is 0. The molecule has 0 aliphatic carbocycles. The molecule has 2 rings (SSSR count). The molecule has 1 N–H and O–H groups in total. The number of nitrogens with zero attached hydrogens (tertiary/aromatic N) is 1. The molecule has 1 aliphatic heterocycles. The van der Waals surface area contributed by atoms with Crippen molar-refractivity contribution in [2.75, 3.05) is 19.8 Å². The smallest absolute Gasteiger partial charge is 0.354 e. The lowest BCUT2D eigenvalue weighted by Gasteiger charge is -2.25. The van der Waals surface area contributed by atoms with Crippen molar-refractivity contribution in [1.29, 1.82) is 0 Å². The average molecular weight is 209 g/mol. The Morgan fingerprint density at radius 2 is 2.40 bits per heavy atom. The summed E-state index contributed by atoms with van der Waals surface area (Å²) in [6.45, 7) is 2.06. The van der Waals surface area contributed by atoms with Gasteiger partial charge in [-0.25, -0.2) is 9.78 Å². The Labute approximate surface area is 86.7 Å². The zero-order valence-electron chi connectivity index (χ0n) is 8.05. The molecule has 0 bridgehead atoms. The van der Waals surface area contributed by atoms with Crippen LogP contribution in [0.4, 0.5) is 0 Å². The fourth-order valence-corrected chi connectivity index (χ4v) is 1.19. The summed E-state index contributed by atoms with van der Waals surface area (Å²) in [5, 5.41) is 8.62. The highest BCUT2D eigenvalue weighted by molar-refractivity contribution is 5.85. The zero-order valence-corrected chi connectivity index (χ0v) is 8.05. The summed E-state index contributed by atoms with van der Waals surface area (Å²) < 4.78 is 10.4. The minimum absolute atomic E-state index is 0.0225. The third-order valence-corrected chi connectivity index (χ3v) is 2.15. The zero-order chi connectivity index (χ0) is 10.7. The topological polar surface area (TPSA) is 68.7 Å². The molecule has 0 radical (unpaired) electrons. The molecule has 2 heterocycles. The van der Waals surface area contributed by atoms with Crippen molar-refractivity contribution in [3.63, 3.8) is 0 Å². The average Bonchev–Trinajstić information content (AvgIpc) is 2.16. The molecule has 0 spiro atoms. The van der Waals surface area contributed by atoms with E-state index in [9.17, 15) is 4.79 Å². The van der Waals surface area contributed by atoms with Crippen LogP contribution in [0.15, 0.2) is 18.3 Å². The number of carboxylic acid groups (broad SMARTS) is 1. The van der Waals surface area contributed by atoms with Crippen LogP contribution < -0.4 is 4.74 Å². The normalized spacial score (nSPS) is 15.7. The Morgan fingerprint density at radius 3 is 2.87 bits per heavy atom. The number of hydrogen-bond acceptors (Lipinski definition) is 4. The van der Waals surface area contributed by atoms with Crippen LogP contribution in [0.5, 0.6) is 5.75 Å². The molecular weight excluding hydrogens is 198 g/mol. The van der Waals surface area contributed by atoms with E-state index in [1.165, 1.54) is 12.3 Å². The van der Waals surface area contributed by atoms with Crippen LogP contribution in [-0.2, 0) is 4.74 Å². The van der Waals surface area contributed by atoms with E-state index in [1.807, 2.05) is 0 Å². The lowest BCUT2D eigenvalue weighted by Crippen LogP contribution is -2.32. The van der Waals surface area contributed by atoms with Gasteiger partial charge in [0.2, 0.25) is 0 Å². The van der Waals surface area contributed by atoms with Gasteiger partial charge >= 0.3 is 5.97 Å². The molecule has 1 saturated heterocycles. The van der Waals surface area contributed by atoms with E-state index in [2.05, 4.69) is 4.98 Å². The Hall–Kier alpha value is -1.62. The second kappa shape index (κ2) is 4.27. The maximum Gasteiger partial charge on any atom is 0.354 e. The van der Waals surface area contributed by atoms with Crippen molar-refractivity contribution in [1.82, 2.24) is 4.98 Å². The maximum atomic E-state index is 10.5. The predicted molar refractivity (Wildman–Crippen MR) is 51.0 cm³/mol. The predicted octanol–water partition coefficient (Wildman–Crippen LogP) is 0.805. The molecule has 5 heteroatoms. The van der Waals surface area contributed by atoms with Crippen molar-refractivity contribution in [2.45, 2.75) is 0 Å². The lowest BCUT2D eigenvalue weighted by atomic mass is 10.1. The highest BCUT2D eigenvalue weighted by atomic mass is 16.5. The molecule has 0 atom stereocenters. The molecule has 15 heavy (non-hydrogen) atoms. The van der Waals surface area contributed by atoms with Crippen molar-refractivity contribution in [3.05, 3.63) is 24.0 Å². The van der Waals surface area contributed by atoms with Crippen molar-refractivity contribution < 1.29 is 19.4 Å². The number of pyridine rings is 1. The summed E-state index contributed by atoms with van der Waals surface area (Å²) in [6.07, 6.45) is 1.42. The molecule has 0 saturated carbocycles. The molecule has 1 aliphatic rings. The third kappa shape index (κ3) is 2.44. The highest BCUT2D eigenvalue weighted by Crippen LogP contribution is 2.14. The SMILES string of the molecule is O=C(O)c1ccc(OCC2COC2)cn1. The van der Waals surface area contributed by atoms with E-state index in [0.29, 0.717) is 18.3 Å². The van der Waals surface area contributed by atoms with E-state index in [-0.39, 0.29) is 5.69 Å². The largest absolute Gasteiger partial charge is 0.492 e. The Balaban J connectivity index is 1.88. The van der Waals surface area contributed by atoms with Gasteiger partial charge in [-0.05, 0) is 12.1 Å². The minimum atomic E-state index is -1.03. The monoisotopic (exact) mass is 209 g/mol. The van der Waals surface area contributed by atoms with Gasteiger partial charge in [0, 0.05) is 5.92 Å². The fourth-order valence-electron chi connectivity index (χ4n) is 1.19. The third-order valence-electron chi connectivity index (χ3n) is 2.15. The minimum Gasteiger partial charge on any atom is -0.492 e. The van der Waals surface area contributed by atoms with Crippen LogP contribution in [0.2, 0.25) is 0 Å². The quantitative estimate of drug-likeness (QED) is 0.794. The first kappa shape index (κ1) is 9.92. The molecule has 1 aromatic rings. The molecular formula is C10H11NO4. The summed E-state index contributed by atoms with van der Waals surface area (Å²) >= 11 is 0. The van der Waals surface area contributed by atoms with Crippen LogP contribution in [0.1, 0.15) is 10.5 Å². The summed E-state index contributed by atoms with van der Waals surface area (Å²) in [6, 6.07) is 3.03. The Bertz CT molecular complexity index is 345. The number of hydrogen-bond donors (Lipinski definition) is 1. The number of carboxylic acids is 1. The number of aromatic carboxylic acids is 1.